The van der Waals surface area contributed by atoms with Crippen LogP contribution in [0.5, 0.6) is 0 Å². The molecule has 0 aliphatic carbocycles. The SMILES string of the molecule is COC(=O)[C@H](Cc1c(C)c(C)c(C)c(B2OC(C)(C)C(C)(C)O2)c1C)NC(=O)OC(C)(C)C. The number of hydrogen-bond donors (Lipinski definition) is 1. The van der Waals surface area contributed by atoms with E-state index in [1.54, 1.807) is 20.8 Å². The van der Waals surface area contributed by atoms with Crippen molar-refractivity contribution >= 4 is 24.6 Å². The number of nitrogens with one attached hydrogen (secondary N) is 1. The lowest BCUT2D eigenvalue weighted by Crippen LogP contribution is -2.46. The van der Waals surface area contributed by atoms with Gasteiger partial charge in [0.25, 0.3) is 0 Å². The van der Waals surface area contributed by atoms with Crippen LogP contribution in [0.1, 0.15) is 76.3 Å². The molecule has 8 heteroatoms. The molecule has 0 bridgehead atoms. The fourth-order valence-corrected chi connectivity index (χ4v) is 4.04. The minimum absolute atomic E-state index is 0.261. The fraction of sp³-hybridized carbons (Fsp3) is 0.680. The molecular formula is C25H40BNO6. The minimum Gasteiger partial charge on any atom is -0.467 e. The predicted octanol–water partition coefficient (Wildman–Crippen LogP) is 3.83. The molecule has 1 aromatic rings. The number of ether oxygens (including phenoxy) is 2. The summed E-state index contributed by atoms with van der Waals surface area (Å²) >= 11 is 0. The fourth-order valence-electron chi connectivity index (χ4n) is 4.04. The van der Waals surface area contributed by atoms with Crippen LogP contribution in [-0.2, 0) is 30.0 Å². The quantitative estimate of drug-likeness (QED) is 0.530. The zero-order valence-corrected chi connectivity index (χ0v) is 22.3. The lowest BCUT2D eigenvalue weighted by molar-refractivity contribution is -0.143. The van der Waals surface area contributed by atoms with E-state index < -0.39 is 42.0 Å². The maximum atomic E-state index is 12.6. The summed E-state index contributed by atoms with van der Waals surface area (Å²) in [5.74, 6) is -0.532. The second kappa shape index (κ2) is 9.30. The van der Waals surface area contributed by atoms with Crippen LogP contribution in [0.4, 0.5) is 4.79 Å². The Morgan fingerprint density at radius 3 is 1.91 bits per heavy atom. The number of esters is 1. The van der Waals surface area contributed by atoms with Gasteiger partial charge in [0.05, 0.1) is 18.3 Å². The van der Waals surface area contributed by atoms with E-state index in [9.17, 15) is 9.59 Å². The molecule has 184 valence electrons. The van der Waals surface area contributed by atoms with Gasteiger partial charge in [-0.2, -0.15) is 0 Å². The first kappa shape index (κ1) is 27.2. The minimum atomic E-state index is -0.893. The van der Waals surface area contributed by atoms with Crippen molar-refractivity contribution in [3.8, 4) is 0 Å². The Kier molecular flexibility index (Phi) is 7.66. The Balaban J connectivity index is 2.49. The summed E-state index contributed by atoms with van der Waals surface area (Å²) in [7, 11) is 0.783. The van der Waals surface area contributed by atoms with E-state index in [4.69, 9.17) is 18.8 Å². The average molecular weight is 461 g/mol. The van der Waals surface area contributed by atoms with Crippen LogP contribution >= 0.6 is 0 Å². The Morgan fingerprint density at radius 1 is 0.939 bits per heavy atom. The normalized spacial score (nSPS) is 18.1. The number of amides is 1. The first-order valence-electron chi connectivity index (χ1n) is 11.4. The summed E-state index contributed by atoms with van der Waals surface area (Å²) in [6.07, 6.45) is -0.403. The van der Waals surface area contributed by atoms with Crippen LogP contribution in [0.15, 0.2) is 0 Å². The van der Waals surface area contributed by atoms with Crippen molar-refractivity contribution in [1.29, 1.82) is 0 Å². The van der Waals surface area contributed by atoms with Gasteiger partial charge in [-0.1, -0.05) is 0 Å². The molecule has 1 heterocycles. The van der Waals surface area contributed by atoms with Gasteiger partial charge in [-0.15, -0.1) is 0 Å². The van der Waals surface area contributed by atoms with Crippen LogP contribution in [0.25, 0.3) is 0 Å². The second-order valence-corrected chi connectivity index (χ2v) is 10.9. The summed E-state index contributed by atoms with van der Waals surface area (Å²) in [6.45, 7) is 21.6. The second-order valence-electron chi connectivity index (χ2n) is 10.9. The number of carbonyl (C=O) groups is 2. The number of benzene rings is 1. The van der Waals surface area contributed by atoms with Crippen molar-refractivity contribution < 1.29 is 28.4 Å². The van der Waals surface area contributed by atoms with E-state index in [-0.39, 0.29) is 6.42 Å². The van der Waals surface area contributed by atoms with Gasteiger partial charge in [-0.3, -0.25) is 0 Å². The third-order valence-electron chi connectivity index (χ3n) is 6.91. The molecule has 1 aliphatic rings. The van der Waals surface area contributed by atoms with Gasteiger partial charge >= 0.3 is 19.2 Å². The first-order chi connectivity index (χ1) is 14.9. The van der Waals surface area contributed by atoms with Crippen LogP contribution in [0.2, 0.25) is 0 Å². The molecule has 0 unspecified atom stereocenters. The van der Waals surface area contributed by atoms with Gasteiger partial charge in [0.1, 0.15) is 11.6 Å². The van der Waals surface area contributed by atoms with Gasteiger partial charge in [0.15, 0.2) is 0 Å². The van der Waals surface area contributed by atoms with Crippen molar-refractivity contribution in [2.75, 3.05) is 7.11 Å². The standard InChI is InChI=1S/C25H40BNO6/c1-14-15(2)18(13-19(21(28)30-12)27-22(29)31-23(5,6)7)17(4)20(16(14)3)26-32-24(8,9)25(10,11)33-26/h19H,13H2,1-12H3,(H,27,29)/t19-/m0/s1. The summed E-state index contributed by atoms with van der Waals surface area (Å²) in [6, 6.07) is -0.893. The van der Waals surface area contributed by atoms with E-state index in [0.29, 0.717) is 0 Å². The van der Waals surface area contributed by atoms with E-state index in [2.05, 4.69) is 19.2 Å². The molecule has 0 spiro atoms. The molecule has 2 rings (SSSR count). The highest BCUT2D eigenvalue weighted by Gasteiger charge is 2.52. The Bertz CT molecular complexity index is 916. The monoisotopic (exact) mass is 461 g/mol. The summed E-state index contributed by atoms with van der Waals surface area (Å²) in [5, 5.41) is 2.68. The van der Waals surface area contributed by atoms with E-state index >= 15 is 0 Å². The summed E-state index contributed by atoms with van der Waals surface area (Å²) in [4.78, 5) is 25.0. The lowest BCUT2D eigenvalue weighted by atomic mass is 9.69. The topological polar surface area (TPSA) is 83.1 Å². The Hall–Kier alpha value is -2.06. The van der Waals surface area contributed by atoms with Gasteiger partial charge in [0.2, 0.25) is 0 Å². The first-order valence-corrected chi connectivity index (χ1v) is 11.4. The van der Waals surface area contributed by atoms with Crippen LogP contribution in [0, 0.1) is 27.7 Å². The molecule has 33 heavy (non-hydrogen) atoms. The molecule has 1 aliphatic heterocycles. The van der Waals surface area contributed by atoms with Gasteiger partial charge in [-0.25, -0.2) is 9.59 Å². The number of methoxy groups -OCH3 is 1. The van der Waals surface area contributed by atoms with Gasteiger partial charge < -0.3 is 24.1 Å². The Morgan fingerprint density at radius 2 is 1.45 bits per heavy atom. The maximum absolute atomic E-state index is 12.6. The molecule has 7 nitrogen and oxygen atoms in total. The van der Waals surface area contributed by atoms with E-state index in [0.717, 1.165) is 33.3 Å². The predicted molar refractivity (Wildman–Crippen MR) is 130 cm³/mol. The molecule has 1 atom stereocenters. The van der Waals surface area contributed by atoms with Crippen molar-refractivity contribution in [1.82, 2.24) is 5.32 Å². The van der Waals surface area contributed by atoms with Crippen LogP contribution < -0.4 is 10.8 Å². The maximum Gasteiger partial charge on any atom is 0.495 e. The average Bonchev–Trinajstić information content (AvgIpc) is 2.87. The Labute approximate surface area is 199 Å². The highest BCUT2D eigenvalue weighted by atomic mass is 16.7. The zero-order valence-electron chi connectivity index (χ0n) is 22.3. The van der Waals surface area contributed by atoms with E-state index in [1.807, 2.05) is 41.5 Å². The highest BCUT2D eigenvalue weighted by Crippen LogP contribution is 2.37. The molecule has 0 radical (unpaired) electrons. The van der Waals surface area contributed by atoms with Gasteiger partial charge in [0, 0.05) is 6.42 Å². The number of carbonyl (C=O) groups excluding carboxylic acids is 2. The number of rotatable bonds is 5. The molecule has 1 fully saturated rings. The third kappa shape index (κ3) is 5.72. The molecular weight excluding hydrogens is 421 g/mol. The number of alkyl carbamates (subject to hydrolysis) is 1. The van der Waals surface area contributed by atoms with Crippen molar-refractivity contribution in [3.05, 3.63) is 27.8 Å². The van der Waals surface area contributed by atoms with Gasteiger partial charge in [-0.05, 0) is 109 Å². The molecule has 1 saturated heterocycles. The highest BCUT2D eigenvalue weighted by molar-refractivity contribution is 6.63. The zero-order chi connectivity index (χ0) is 25.5. The van der Waals surface area contributed by atoms with Crippen LogP contribution in [0.3, 0.4) is 0 Å². The summed E-state index contributed by atoms with van der Waals surface area (Å²) < 4.78 is 23.0. The summed E-state index contributed by atoms with van der Waals surface area (Å²) in [5.41, 5.74) is 4.54. The third-order valence-corrected chi connectivity index (χ3v) is 6.91. The smallest absolute Gasteiger partial charge is 0.467 e. The van der Waals surface area contributed by atoms with Crippen molar-refractivity contribution in [3.63, 3.8) is 0 Å². The largest absolute Gasteiger partial charge is 0.495 e. The molecule has 1 N–H and O–H groups in total. The molecule has 1 amide bonds. The number of hydrogen-bond acceptors (Lipinski definition) is 6. The van der Waals surface area contributed by atoms with Crippen molar-refractivity contribution in [2.45, 2.75) is 105 Å². The van der Waals surface area contributed by atoms with E-state index in [1.165, 1.54) is 7.11 Å². The van der Waals surface area contributed by atoms with Crippen molar-refractivity contribution in [2.24, 2.45) is 0 Å². The van der Waals surface area contributed by atoms with Crippen LogP contribution in [-0.4, -0.2) is 49.1 Å². The molecule has 0 saturated carbocycles. The molecule has 0 aromatic heterocycles. The molecule has 1 aromatic carbocycles. The lowest BCUT2D eigenvalue weighted by Gasteiger charge is -2.32.